The lowest BCUT2D eigenvalue weighted by molar-refractivity contribution is -0.385. The molecule has 1 aromatic rings. The highest BCUT2D eigenvalue weighted by Crippen LogP contribution is 2.31. The Balaban J connectivity index is 2.93. The molecule has 0 aliphatic heterocycles. The minimum absolute atomic E-state index is 0.0235. The van der Waals surface area contributed by atoms with Gasteiger partial charge < -0.3 is 19.5 Å². The van der Waals surface area contributed by atoms with Crippen molar-refractivity contribution < 1.29 is 23.9 Å². The molecule has 0 saturated heterocycles. The average molecular weight is 298 g/mol. The second kappa shape index (κ2) is 6.89. The topological polar surface area (TPSA) is 99.9 Å². The van der Waals surface area contributed by atoms with Crippen molar-refractivity contribution in [3.8, 4) is 11.5 Å². The zero-order valence-corrected chi connectivity index (χ0v) is 12.3. The molecular formula is C13H18N2O6. The predicted octanol–water partition coefficient (Wildman–Crippen LogP) is 1.13. The fourth-order valence-electron chi connectivity index (χ4n) is 1.57. The number of ether oxygens (including phenoxy) is 3. The van der Waals surface area contributed by atoms with Gasteiger partial charge in [0.1, 0.15) is 12.1 Å². The molecule has 0 fully saturated rings. The van der Waals surface area contributed by atoms with Gasteiger partial charge in [-0.2, -0.15) is 0 Å². The number of carbonyl (C=O) groups is 1. The van der Waals surface area contributed by atoms with Crippen LogP contribution in [0.5, 0.6) is 11.5 Å². The van der Waals surface area contributed by atoms with E-state index >= 15 is 0 Å². The maximum Gasteiger partial charge on any atom is 0.329 e. The minimum atomic E-state index is -1.04. The number of carbonyl (C=O) groups excluding carboxylic acids is 1. The third kappa shape index (κ3) is 3.82. The average Bonchev–Trinajstić information content (AvgIpc) is 2.51. The first-order valence-corrected chi connectivity index (χ1v) is 6.10. The van der Waals surface area contributed by atoms with E-state index in [9.17, 15) is 14.9 Å². The maximum absolute atomic E-state index is 11.7. The van der Waals surface area contributed by atoms with Crippen LogP contribution in [0.2, 0.25) is 0 Å². The van der Waals surface area contributed by atoms with Crippen molar-refractivity contribution >= 4 is 11.7 Å². The monoisotopic (exact) mass is 298 g/mol. The van der Waals surface area contributed by atoms with E-state index in [1.165, 1.54) is 32.4 Å². The summed E-state index contributed by atoms with van der Waals surface area (Å²) in [6, 6.07) is 3.97. The van der Waals surface area contributed by atoms with E-state index in [4.69, 9.17) is 14.2 Å². The van der Waals surface area contributed by atoms with Crippen LogP contribution >= 0.6 is 0 Å². The van der Waals surface area contributed by atoms with E-state index < -0.39 is 16.4 Å². The normalized spacial score (nSPS) is 13.1. The molecule has 0 amide bonds. The van der Waals surface area contributed by atoms with E-state index in [2.05, 4.69) is 5.32 Å². The maximum atomic E-state index is 11.7. The van der Waals surface area contributed by atoms with Crippen molar-refractivity contribution in [2.45, 2.75) is 12.5 Å². The van der Waals surface area contributed by atoms with Crippen LogP contribution in [0.4, 0.5) is 5.69 Å². The molecule has 0 aromatic heterocycles. The van der Waals surface area contributed by atoms with Crippen LogP contribution < -0.4 is 14.8 Å². The molecule has 0 heterocycles. The zero-order valence-electron chi connectivity index (χ0n) is 12.3. The van der Waals surface area contributed by atoms with Gasteiger partial charge in [0.2, 0.25) is 0 Å². The molecule has 116 valence electrons. The summed E-state index contributed by atoms with van der Waals surface area (Å²) in [7, 11) is 4.27. The molecule has 1 N–H and O–H groups in total. The molecule has 8 heteroatoms. The summed E-state index contributed by atoms with van der Waals surface area (Å²) in [5.74, 6) is 0.0341. The molecule has 8 nitrogen and oxygen atoms in total. The Hall–Kier alpha value is -2.35. The summed E-state index contributed by atoms with van der Waals surface area (Å²) in [6.07, 6.45) is 0. The third-order valence-corrected chi connectivity index (χ3v) is 3.06. The molecule has 0 aliphatic rings. The Kier molecular flexibility index (Phi) is 5.48. The molecule has 0 saturated carbocycles. The van der Waals surface area contributed by atoms with Crippen LogP contribution in [-0.4, -0.2) is 44.3 Å². The first-order chi connectivity index (χ1) is 9.87. The fourth-order valence-corrected chi connectivity index (χ4v) is 1.57. The van der Waals surface area contributed by atoms with Crippen LogP contribution in [0, 0.1) is 10.1 Å². The summed E-state index contributed by atoms with van der Waals surface area (Å²) < 4.78 is 15.3. The second-order valence-electron chi connectivity index (χ2n) is 4.45. The summed E-state index contributed by atoms with van der Waals surface area (Å²) in [5, 5.41) is 13.5. The molecule has 1 atom stereocenters. The molecule has 21 heavy (non-hydrogen) atoms. The minimum Gasteiger partial charge on any atom is -0.493 e. The SMILES string of the molecule is CNC(C)(COc1ccc([N+](=O)[O-])cc1OC)C(=O)OC. The molecule has 0 aliphatic carbocycles. The van der Waals surface area contributed by atoms with Crippen molar-refractivity contribution in [3.63, 3.8) is 0 Å². The number of non-ortho nitro benzene ring substituents is 1. The zero-order chi connectivity index (χ0) is 16.0. The van der Waals surface area contributed by atoms with Gasteiger partial charge in [-0.3, -0.25) is 10.1 Å². The van der Waals surface area contributed by atoms with E-state index in [1.54, 1.807) is 14.0 Å². The van der Waals surface area contributed by atoms with Gasteiger partial charge in [-0.05, 0) is 20.0 Å². The molecular weight excluding hydrogens is 280 g/mol. The number of rotatable bonds is 7. The number of nitrogens with one attached hydrogen (secondary N) is 1. The first-order valence-electron chi connectivity index (χ1n) is 6.10. The molecule has 0 radical (unpaired) electrons. The number of esters is 1. The number of nitro groups is 1. The highest BCUT2D eigenvalue weighted by Gasteiger charge is 2.34. The smallest absolute Gasteiger partial charge is 0.329 e. The van der Waals surface area contributed by atoms with Crippen molar-refractivity contribution in [3.05, 3.63) is 28.3 Å². The molecule has 0 spiro atoms. The van der Waals surface area contributed by atoms with Gasteiger partial charge in [-0.15, -0.1) is 0 Å². The van der Waals surface area contributed by atoms with E-state index in [1.807, 2.05) is 0 Å². The Morgan fingerprint density at radius 1 is 1.38 bits per heavy atom. The van der Waals surface area contributed by atoms with E-state index in [0.29, 0.717) is 5.75 Å². The number of methoxy groups -OCH3 is 2. The Morgan fingerprint density at radius 2 is 2.05 bits per heavy atom. The molecule has 1 rings (SSSR count). The van der Waals surface area contributed by atoms with Crippen molar-refractivity contribution in [2.24, 2.45) is 0 Å². The van der Waals surface area contributed by atoms with Crippen LogP contribution in [-0.2, 0) is 9.53 Å². The quantitative estimate of drug-likeness (QED) is 0.457. The van der Waals surface area contributed by atoms with E-state index in [-0.39, 0.29) is 18.0 Å². The lowest BCUT2D eigenvalue weighted by Crippen LogP contribution is -2.52. The Morgan fingerprint density at radius 3 is 2.52 bits per heavy atom. The number of benzene rings is 1. The second-order valence-corrected chi connectivity index (χ2v) is 4.45. The summed E-state index contributed by atoms with van der Waals surface area (Å²) in [6.45, 7) is 1.60. The first kappa shape index (κ1) is 16.7. The highest BCUT2D eigenvalue weighted by atomic mass is 16.6. The van der Waals surface area contributed by atoms with E-state index in [0.717, 1.165) is 0 Å². The number of likely N-dealkylation sites (N-methyl/N-ethyl adjacent to an activating group) is 1. The van der Waals surface area contributed by atoms with Crippen LogP contribution in [0.15, 0.2) is 18.2 Å². The highest BCUT2D eigenvalue weighted by molar-refractivity contribution is 5.80. The lowest BCUT2D eigenvalue weighted by atomic mass is 10.1. The summed E-state index contributed by atoms with van der Waals surface area (Å²) in [4.78, 5) is 21.9. The fraction of sp³-hybridized carbons (Fsp3) is 0.462. The molecule has 1 unspecified atom stereocenters. The summed E-state index contributed by atoms with van der Waals surface area (Å²) >= 11 is 0. The summed E-state index contributed by atoms with van der Waals surface area (Å²) in [5.41, 5.74) is -1.15. The van der Waals surface area contributed by atoms with Gasteiger partial charge in [0.15, 0.2) is 11.5 Å². The number of nitrogens with zero attached hydrogens (tertiary/aromatic N) is 1. The third-order valence-electron chi connectivity index (χ3n) is 3.06. The number of hydrogen-bond acceptors (Lipinski definition) is 7. The Labute approximate surface area is 122 Å². The van der Waals surface area contributed by atoms with Crippen molar-refractivity contribution in [2.75, 3.05) is 27.9 Å². The van der Waals surface area contributed by atoms with Crippen molar-refractivity contribution in [1.29, 1.82) is 0 Å². The largest absolute Gasteiger partial charge is 0.493 e. The van der Waals surface area contributed by atoms with Gasteiger partial charge in [-0.25, -0.2) is 4.79 Å². The standard InChI is InChI=1S/C13H18N2O6/c1-13(14-2,12(16)20-4)8-21-10-6-5-9(15(17)18)7-11(10)19-3/h5-7,14H,8H2,1-4H3. The van der Waals surface area contributed by atoms with Crippen LogP contribution in [0.25, 0.3) is 0 Å². The predicted molar refractivity (Wildman–Crippen MR) is 74.6 cm³/mol. The molecule has 1 aromatic carbocycles. The Bertz CT molecular complexity index is 533. The lowest BCUT2D eigenvalue weighted by Gasteiger charge is -2.26. The molecule has 0 bridgehead atoms. The van der Waals surface area contributed by atoms with Gasteiger partial charge in [0, 0.05) is 6.07 Å². The van der Waals surface area contributed by atoms with Gasteiger partial charge >= 0.3 is 5.97 Å². The van der Waals surface area contributed by atoms with Crippen LogP contribution in [0.3, 0.4) is 0 Å². The number of hydrogen-bond donors (Lipinski definition) is 1. The number of nitro benzene ring substituents is 1. The van der Waals surface area contributed by atoms with Crippen molar-refractivity contribution in [1.82, 2.24) is 5.32 Å². The van der Waals surface area contributed by atoms with Gasteiger partial charge in [0.05, 0.1) is 25.2 Å². The van der Waals surface area contributed by atoms with Gasteiger partial charge in [0.25, 0.3) is 5.69 Å². The van der Waals surface area contributed by atoms with Gasteiger partial charge in [-0.1, -0.05) is 0 Å². The van der Waals surface area contributed by atoms with Crippen LogP contribution in [0.1, 0.15) is 6.92 Å².